The molecule has 8 heteroatoms. The maximum Gasteiger partial charge on any atom is 0.408 e. The maximum atomic E-state index is 13.0. The lowest BCUT2D eigenvalue weighted by Gasteiger charge is -2.27. The molecule has 1 rings (SSSR count). The fourth-order valence-electron chi connectivity index (χ4n) is 3.21. The van der Waals surface area contributed by atoms with E-state index in [-0.39, 0.29) is 25.6 Å². The van der Waals surface area contributed by atoms with Crippen LogP contribution in [-0.2, 0) is 25.7 Å². The number of nitrogens with one attached hydrogen (secondary N) is 2. The molecule has 1 aromatic rings. The predicted molar refractivity (Wildman–Crippen MR) is 122 cm³/mol. The summed E-state index contributed by atoms with van der Waals surface area (Å²) in [6, 6.07) is 7.82. The standard InChI is InChI=1S/C24H38N2O6/c1-5-7-13-19(21(27)15-22(28)31-6-2)25-23(29)20(14-17(3)4)26-24(30)32-16-18-11-9-8-10-12-18/h8-12,17,19-21,27H,5-7,13-16H2,1-4H3,(H,25,29)(H,26,30)/t19?,20-,21?/m0/s1. The highest BCUT2D eigenvalue weighted by Crippen LogP contribution is 2.12. The lowest BCUT2D eigenvalue weighted by atomic mass is 9.99. The number of carbonyl (C=O) groups is 3. The third kappa shape index (κ3) is 11.1. The van der Waals surface area contributed by atoms with Gasteiger partial charge in [-0.3, -0.25) is 9.59 Å². The first-order chi connectivity index (χ1) is 15.3. The molecular formula is C24H38N2O6. The van der Waals surface area contributed by atoms with E-state index in [9.17, 15) is 19.5 Å². The second-order valence-electron chi connectivity index (χ2n) is 8.22. The number of rotatable bonds is 14. The number of carbonyl (C=O) groups excluding carboxylic acids is 3. The van der Waals surface area contributed by atoms with Gasteiger partial charge in [0.2, 0.25) is 5.91 Å². The summed E-state index contributed by atoms with van der Waals surface area (Å²) in [6.45, 7) is 7.91. The van der Waals surface area contributed by atoms with Gasteiger partial charge in [0.1, 0.15) is 12.6 Å². The van der Waals surface area contributed by atoms with Crippen molar-refractivity contribution in [1.29, 1.82) is 0 Å². The monoisotopic (exact) mass is 450 g/mol. The zero-order valence-corrected chi connectivity index (χ0v) is 19.6. The Hall–Kier alpha value is -2.61. The fraction of sp³-hybridized carbons (Fsp3) is 0.625. The molecule has 32 heavy (non-hydrogen) atoms. The Bertz CT molecular complexity index is 695. The predicted octanol–water partition coefficient (Wildman–Crippen LogP) is 3.32. The lowest BCUT2D eigenvalue weighted by Crippen LogP contribution is -2.53. The Labute approximate surface area is 191 Å². The van der Waals surface area contributed by atoms with Gasteiger partial charge in [-0.15, -0.1) is 0 Å². The van der Waals surface area contributed by atoms with Crippen molar-refractivity contribution in [2.24, 2.45) is 5.92 Å². The molecule has 0 aliphatic rings. The second kappa shape index (κ2) is 15.2. The summed E-state index contributed by atoms with van der Waals surface area (Å²) in [7, 11) is 0. The average molecular weight is 451 g/mol. The maximum absolute atomic E-state index is 13.0. The number of unbranched alkanes of at least 4 members (excludes halogenated alkanes) is 1. The number of benzene rings is 1. The summed E-state index contributed by atoms with van der Waals surface area (Å²) in [4.78, 5) is 37.0. The van der Waals surface area contributed by atoms with E-state index in [0.717, 1.165) is 18.4 Å². The van der Waals surface area contributed by atoms with Crippen LogP contribution in [0, 0.1) is 5.92 Å². The molecule has 0 saturated carbocycles. The molecule has 8 nitrogen and oxygen atoms in total. The van der Waals surface area contributed by atoms with Crippen molar-refractivity contribution in [3.05, 3.63) is 35.9 Å². The first-order valence-corrected chi connectivity index (χ1v) is 11.4. The molecule has 0 aliphatic heterocycles. The average Bonchev–Trinajstić information content (AvgIpc) is 2.75. The van der Waals surface area contributed by atoms with Gasteiger partial charge in [-0.1, -0.05) is 63.9 Å². The summed E-state index contributed by atoms with van der Waals surface area (Å²) in [5, 5.41) is 16.0. The zero-order valence-electron chi connectivity index (χ0n) is 19.6. The van der Waals surface area contributed by atoms with Crippen molar-refractivity contribution in [3.8, 4) is 0 Å². The molecule has 0 bridgehead atoms. The van der Waals surface area contributed by atoms with E-state index >= 15 is 0 Å². The highest BCUT2D eigenvalue weighted by Gasteiger charge is 2.29. The van der Waals surface area contributed by atoms with E-state index in [1.807, 2.05) is 51.1 Å². The summed E-state index contributed by atoms with van der Waals surface area (Å²) in [5.41, 5.74) is 0.842. The third-order valence-corrected chi connectivity index (χ3v) is 4.87. The zero-order chi connectivity index (χ0) is 23.9. The van der Waals surface area contributed by atoms with E-state index in [1.54, 1.807) is 6.92 Å². The Morgan fingerprint density at radius 1 is 1.03 bits per heavy atom. The van der Waals surface area contributed by atoms with Crippen LogP contribution in [-0.4, -0.2) is 47.9 Å². The van der Waals surface area contributed by atoms with Crippen molar-refractivity contribution in [2.45, 2.75) is 84.6 Å². The van der Waals surface area contributed by atoms with Gasteiger partial charge >= 0.3 is 12.1 Å². The number of amides is 2. The van der Waals surface area contributed by atoms with E-state index < -0.39 is 36.2 Å². The number of alkyl carbamates (subject to hydrolysis) is 1. The Balaban J connectivity index is 2.76. The van der Waals surface area contributed by atoms with Gasteiger partial charge in [0.05, 0.1) is 25.2 Å². The Morgan fingerprint density at radius 3 is 2.31 bits per heavy atom. The highest BCUT2D eigenvalue weighted by molar-refractivity contribution is 5.86. The molecule has 180 valence electrons. The van der Waals surface area contributed by atoms with Crippen molar-refractivity contribution in [3.63, 3.8) is 0 Å². The van der Waals surface area contributed by atoms with E-state index in [1.165, 1.54) is 0 Å². The molecule has 2 unspecified atom stereocenters. The van der Waals surface area contributed by atoms with E-state index in [4.69, 9.17) is 9.47 Å². The Kier molecular flexibility index (Phi) is 13.1. The summed E-state index contributed by atoms with van der Waals surface area (Å²) in [6.07, 6.45) is 0.589. The van der Waals surface area contributed by atoms with Crippen LogP contribution in [0.1, 0.15) is 65.4 Å². The van der Waals surface area contributed by atoms with Gasteiger partial charge in [0.15, 0.2) is 0 Å². The molecule has 1 aromatic carbocycles. The molecule has 0 saturated heterocycles. The van der Waals surface area contributed by atoms with Crippen LogP contribution in [0.5, 0.6) is 0 Å². The van der Waals surface area contributed by atoms with Crippen LogP contribution in [0.25, 0.3) is 0 Å². The quantitative estimate of drug-likeness (QED) is 0.375. The topological polar surface area (TPSA) is 114 Å². The molecular weight excluding hydrogens is 412 g/mol. The Morgan fingerprint density at radius 2 is 1.72 bits per heavy atom. The normalized spacial score (nSPS) is 13.7. The van der Waals surface area contributed by atoms with Gasteiger partial charge in [-0.05, 0) is 31.2 Å². The van der Waals surface area contributed by atoms with Crippen LogP contribution < -0.4 is 10.6 Å². The van der Waals surface area contributed by atoms with Crippen molar-refractivity contribution < 1.29 is 29.0 Å². The molecule has 0 aliphatic carbocycles. The molecule has 3 N–H and O–H groups in total. The number of hydrogen-bond acceptors (Lipinski definition) is 6. The summed E-state index contributed by atoms with van der Waals surface area (Å²) >= 11 is 0. The third-order valence-electron chi connectivity index (χ3n) is 4.87. The van der Waals surface area contributed by atoms with Gasteiger partial charge in [-0.25, -0.2) is 4.79 Å². The van der Waals surface area contributed by atoms with Crippen LogP contribution in [0.4, 0.5) is 4.79 Å². The fourth-order valence-corrected chi connectivity index (χ4v) is 3.21. The highest BCUT2D eigenvalue weighted by atomic mass is 16.5. The molecule has 2 amide bonds. The number of ether oxygens (including phenoxy) is 2. The number of esters is 1. The number of aliphatic hydroxyl groups excluding tert-OH is 1. The van der Waals surface area contributed by atoms with E-state index in [0.29, 0.717) is 12.8 Å². The van der Waals surface area contributed by atoms with Crippen LogP contribution >= 0.6 is 0 Å². The largest absolute Gasteiger partial charge is 0.466 e. The van der Waals surface area contributed by atoms with Crippen LogP contribution in [0.2, 0.25) is 0 Å². The molecule has 0 fully saturated rings. The molecule has 0 radical (unpaired) electrons. The van der Waals surface area contributed by atoms with Crippen molar-refractivity contribution >= 4 is 18.0 Å². The first kappa shape index (κ1) is 27.4. The number of hydrogen-bond donors (Lipinski definition) is 3. The molecule has 0 aromatic heterocycles. The van der Waals surface area contributed by atoms with Gasteiger partial charge < -0.3 is 25.2 Å². The van der Waals surface area contributed by atoms with E-state index in [2.05, 4.69) is 10.6 Å². The minimum atomic E-state index is -1.07. The number of aliphatic hydroxyl groups is 1. The van der Waals surface area contributed by atoms with Gasteiger partial charge in [0.25, 0.3) is 0 Å². The van der Waals surface area contributed by atoms with Crippen LogP contribution in [0.3, 0.4) is 0 Å². The van der Waals surface area contributed by atoms with Gasteiger partial charge in [0, 0.05) is 0 Å². The summed E-state index contributed by atoms with van der Waals surface area (Å²) < 4.78 is 10.1. The second-order valence-corrected chi connectivity index (χ2v) is 8.22. The van der Waals surface area contributed by atoms with Crippen molar-refractivity contribution in [1.82, 2.24) is 10.6 Å². The van der Waals surface area contributed by atoms with Gasteiger partial charge in [-0.2, -0.15) is 0 Å². The lowest BCUT2D eigenvalue weighted by molar-refractivity contribution is -0.146. The molecule has 0 spiro atoms. The molecule has 3 atom stereocenters. The SMILES string of the molecule is CCCCC(NC(=O)[C@H](CC(C)C)NC(=O)OCc1ccccc1)C(O)CC(=O)OCC. The van der Waals surface area contributed by atoms with Crippen LogP contribution in [0.15, 0.2) is 30.3 Å². The minimum Gasteiger partial charge on any atom is -0.466 e. The minimum absolute atomic E-state index is 0.0973. The molecule has 0 heterocycles. The van der Waals surface area contributed by atoms with Crippen molar-refractivity contribution in [2.75, 3.05) is 6.61 Å². The first-order valence-electron chi connectivity index (χ1n) is 11.4. The summed E-state index contributed by atoms with van der Waals surface area (Å²) in [5.74, 6) is -0.796. The smallest absolute Gasteiger partial charge is 0.408 e.